The summed E-state index contributed by atoms with van der Waals surface area (Å²) in [6, 6.07) is 22.2. The quantitative estimate of drug-likeness (QED) is 0.509. The summed E-state index contributed by atoms with van der Waals surface area (Å²) in [5.41, 5.74) is 2.58. The van der Waals surface area contributed by atoms with E-state index in [9.17, 15) is 9.59 Å². The molecule has 31 heavy (non-hydrogen) atoms. The van der Waals surface area contributed by atoms with Crippen LogP contribution < -0.4 is 14.4 Å². The van der Waals surface area contributed by atoms with Crippen molar-refractivity contribution in [3.63, 3.8) is 0 Å². The van der Waals surface area contributed by atoms with Gasteiger partial charge in [0.25, 0.3) is 11.8 Å². The van der Waals surface area contributed by atoms with Crippen molar-refractivity contribution in [3.05, 3.63) is 88.8 Å². The molecule has 0 fully saturated rings. The molecular formula is C25H21NO4S. The van der Waals surface area contributed by atoms with Gasteiger partial charge in [-0.3, -0.25) is 9.59 Å². The highest BCUT2D eigenvalue weighted by molar-refractivity contribution is 8.04. The van der Waals surface area contributed by atoms with Crippen LogP contribution in [0.15, 0.2) is 82.6 Å². The molecule has 156 valence electrons. The Morgan fingerprint density at radius 3 is 1.97 bits per heavy atom. The van der Waals surface area contributed by atoms with Crippen molar-refractivity contribution in [2.24, 2.45) is 0 Å². The van der Waals surface area contributed by atoms with Crippen molar-refractivity contribution in [1.29, 1.82) is 0 Å². The summed E-state index contributed by atoms with van der Waals surface area (Å²) in [6.07, 6.45) is 0. The minimum Gasteiger partial charge on any atom is -0.497 e. The van der Waals surface area contributed by atoms with Crippen LogP contribution in [0.4, 0.5) is 5.69 Å². The molecule has 0 radical (unpaired) electrons. The van der Waals surface area contributed by atoms with E-state index in [4.69, 9.17) is 9.47 Å². The maximum absolute atomic E-state index is 13.6. The van der Waals surface area contributed by atoms with E-state index in [0.29, 0.717) is 33.2 Å². The standard InChI is InChI=1S/C25H21NO4S/c1-16-9-11-17(12-10-16)22-23(31-21-7-5-4-6-8-21)25(28)26(24(22)27)18-13-19(29-2)15-20(14-18)30-3/h4-15H,1-3H3. The van der Waals surface area contributed by atoms with E-state index in [1.807, 2.05) is 61.5 Å². The molecule has 3 aromatic carbocycles. The van der Waals surface area contributed by atoms with Gasteiger partial charge in [-0.05, 0) is 24.6 Å². The SMILES string of the molecule is COc1cc(OC)cc(N2C(=O)C(Sc3ccccc3)=C(c3ccc(C)cc3)C2=O)c1. The molecule has 1 heterocycles. The van der Waals surface area contributed by atoms with E-state index >= 15 is 0 Å². The van der Waals surface area contributed by atoms with Gasteiger partial charge in [0.1, 0.15) is 11.5 Å². The van der Waals surface area contributed by atoms with Crippen molar-refractivity contribution in [1.82, 2.24) is 0 Å². The summed E-state index contributed by atoms with van der Waals surface area (Å²) < 4.78 is 10.7. The zero-order valence-electron chi connectivity index (χ0n) is 17.4. The van der Waals surface area contributed by atoms with E-state index in [2.05, 4.69) is 0 Å². The van der Waals surface area contributed by atoms with Gasteiger partial charge in [-0.25, -0.2) is 4.90 Å². The van der Waals surface area contributed by atoms with Crippen LogP contribution in [-0.4, -0.2) is 26.0 Å². The highest BCUT2D eigenvalue weighted by atomic mass is 32.2. The number of hydrogen-bond acceptors (Lipinski definition) is 5. The fourth-order valence-corrected chi connectivity index (χ4v) is 4.36. The first-order valence-electron chi connectivity index (χ1n) is 9.68. The summed E-state index contributed by atoms with van der Waals surface area (Å²) in [4.78, 5) is 29.5. The number of carbonyl (C=O) groups excluding carboxylic acids is 2. The second-order valence-corrected chi connectivity index (χ2v) is 8.09. The number of rotatable bonds is 6. The third kappa shape index (κ3) is 4.07. The Kier molecular flexibility index (Phi) is 5.82. The van der Waals surface area contributed by atoms with Crippen molar-refractivity contribution in [3.8, 4) is 11.5 Å². The van der Waals surface area contributed by atoms with Crippen LogP contribution in [0.1, 0.15) is 11.1 Å². The fraction of sp³-hybridized carbons (Fsp3) is 0.120. The number of benzene rings is 3. The number of aryl methyl sites for hydroxylation is 1. The number of amides is 2. The van der Waals surface area contributed by atoms with Crippen LogP contribution in [-0.2, 0) is 9.59 Å². The van der Waals surface area contributed by atoms with Crippen LogP contribution in [0.25, 0.3) is 5.57 Å². The lowest BCUT2D eigenvalue weighted by atomic mass is 10.0. The lowest BCUT2D eigenvalue weighted by molar-refractivity contribution is -0.119. The number of nitrogens with zero attached hydrogens (tertiary/aromatic N) is 1. The van der Waals surface area contributed by atoms with Crippen LogP contribution in [0.5, 0.6) is 11.5 Å². The van der Waals surface area contributed by atoms with Crippen molar-refractivity contribution >= 4 is 34.8 Å². The summed E-state index contributed by atoms with van der Waals surface area (Å²) in [5.74, 6) is 0.249. The molecule has 0 saturated heterocycles. The number of imide groups is 1. The first-order valence-corrected chi connectivity index (χ1v) is 10.5. The van der Waals surface area contributed by atoms with Gasteiger partial charge in [-0.1, -0.05) is 59.8 Å². The third-order valence-corrected chi connectivity index (χ3v) is 6.03. The van der Waals surface area contributed by atoms with Crippen LogP contribution in [0, 0.1) is 6.92 Å². The molecule has 0 atom stereocenters. The van der Waals surface area contributed by atoms with Crippen molar-refractivity contribution in [2.45, 2.75) is 11.8 Å². The van der Waals surface area contributed by atoms with E-state index in [-0.39, 0.29) is 11.8 Å². The average Bonchev–Trinajstić information content (AvgIpc) is 3.04. The molecule has 0 unspecified atom stereocenters. The fourth-order valence-electron chi connectivity index (χ4n) is 3.34. The summed E-state index contributed by atoms with van der Waals surface area (Å²) >= 11 is 1.29. The zero-order valence-corrected chi connectivity index (χ0v) is 18.2. The van der Waals surface area contributed by atoms with E-state index in [0.717, 1.165) is 10.5 Å². The molecule has 0 saturated carbocycles. The van der Waals surface area contributed by atoms with Gasteiger partial charge in [0.2, 0.25) is 0 Å². The third-order valence-electron chi connectivity index (χ3n) is 4.94. The molecule has 0 spiro atoms. The molecule has 3 aromatic rings. The Balaban J connectivity index is 1.83. The Labute approximate surface area is 185 Å². The second kappa shape index (κ2) is 8.70. The smallest absolute Gasteiger partial charge is 0.272 e. The molecular weight excluding hydrogens is 410 g/mol. The number of hydrogen-bond donors (Lipinski definition) is 0. The minimum atomic E-state index is -0.373. The van der Waals surface area contributed by atoms with Crippen molar-refractivity contribution in [2.75, 3.05) is 19.1 Å². The van der Waals surface area contributed by atoms with Crippen molar-refractivity contribution < 1.29 is 19.1 Å². The van der Waals surface area contributed by atoms with Gasteiger partial charge in [0.15, 0.2) is 0 Å². The van der Waals surface area contributed by atoms with Gasteiger partial charge in [-0.2, -0.15) is 0 Å². The Bertz CT molecular complexity index is 1150. The molecule has 2 amide bonds. The monoisotopic (exact) mass is 431 g/mol. The minimum absolute atomic E-state index is 0.371. The second-order valence-electron chi connectivity index (χ2n) is 7.00. The Morgan fingerprint density at radius 2 is 1.39 bits per heavy atom. The van der Waals surface area contributed by atoms with Gasteiger partial charge in [0, 0.05) is 23.1 Å². The maximum Gasteiger partial charge on any atom is 0.272 e. The van der Waals surface area contributed by atoms with Gasteiger partial charge in [-0.15, -0.1) is 0 Å². The summed E-state index contributed by atoms with van der Waals surface area (Å²) in [7, 11) is 3.05. The van der Waals surface area contributed by atoms with Crippen LogP contribution in [0.3, 0.4) is 0 Å². The van der Waals surface area contributed by atoms with Gasteiger partial charge in [0.05, 0.1) is 30.4 Å². The van der Waals surface area contributed by atoms with E-state index in [1.165, 1.54) is 30.9 Å². The molecule has 0 aromatic heterocycles. The molecule has 5 nitrogen and oxygen atoms in total. The lowest BCUT2D eigenvalue weighted by Gasteiger charge is -2.17. The van der Waals surface area contributed by atoms with E-state index < -0.39 is 0 Å². The predicted octanol–water partition coefficient (Wildman–Crippen LogP) is 5.09. The lowest BCUT2D eigenvalue weighted by Crippen LogP contribution is -2.31. The topological polar surface area (TPSA) is 55.8 Å². The number of anilines is 1. The summed E-state index contributed by atoms with van der Waals surface area (Å²) in [6.45, 7) is 1.98. The highest BCUT2D eigenvalue weighted by Crippen LogP contribution is 2.42. The number of ether oxygens (including phenoxy) is 2. The molecule has 0 aliphatic carbocycles. The molecule has 6 heteroatoms. The largest absolute Gasteiger partial charge is 0.497 e. The first kappa shape index (κ1) is 20.8. The van der Waals surface area contributed by atoms with Gasteiger partial charge < -0.3 is 9.47 Å². The predicted molar refractivity (Wildman–Crippen MR) is 122 cm³/mol. The zero-order chi connectivity index (χ0) is 22.0. The molecule has 1 aliphatic heterocycles. The maximum atomic E-state index is 13.6. The molecule has 1 aliphatic rings. The first-order chi connectivity index (χ1) is 15.0. The van der Waals surface area contributed by atoms with E-state index in [1.54, 1.807) is 18.2 Å². The number of thioether (sulfide) groups is 1. The molecule has 4 rings (SSSR count). The highest BCUT2D eigenvalue weighted by Gasteiger charge is 2.40. The number of carbonyl (C=O) groups is 2. The molecule has 0 bridgehead atoms. The number of methoxy groups -OCH3 is 2. The Morgan fingerprint density at radius 1 is 0.774 bits per heavy atom. The molecule has 0 N–H and O–H groups in total. The Hall–Kier alpha value is -3.51. The average molecular weight is 432 g/mol. The normalized spacial score (nSPS) is 13.7. The summed E-state index contributed by atoms with van der Waals surface area (Å²) in [5, 5.41) is 0. The van der Waals surface area contributed by atoms with Crippen LogP contribution in [0.2, 0.25) is 0 Å². The van der Waals surface area contributed by atoms with Gasteiger partial charge >= 0.3 is 0 Å². The van der Waals surface area contributed by atoms with Crippen LogP contribution >= 0.6 is 11.8 Å².